The summed E-state index contributed by atoms with van der Waals surface area (Å²) in [5.41, 5.74) is 5.48. The maximum absolute atomic E-state index is 12.5. The lowest BCUT2D eigenvalue weighted by atomic mass is 10.1. The fraction of sp³-hybridized carbons (Fsp3) is 0.350. The Labute approximate surface area is 182 Å². The van der Waals surface area contributed by atoms with E-state index in [0.29, 0.717) is 13.2 Å². The number of hydrogen-bond acceptors (Lipinski definition) is 8. The molecule has 2 rings (SSSR count). The molecule has 0 aliphatic carbocycles. The molecule has 1 aromatic carbocycles. The van der Waals surface area contributed by atoms with Gasteiger partial charge in [-0.15, -0.1) is 0 Å². The van der Waals surface area contributed by atoms with Gasteiger partial charge in [0.25, 0.3) is 5.56 Å². The van der Waals surface area contributed by atoms with E-state index in [1.54, 1.807) is 7.11 Å². The van der Waals surface area contributed by atoms with Gasteiger partial charge in [-0.1, -0.05) is 30.3 Å². The Bertz CT molecular complexity index is 1050. The molecule has 0 radical (unpaired) electrons. The molecule has 174 valence electrons. The highest BCUT2D eigenvalue weighted by molar-refractivity contribution is 6.27. The van der Waals surface area contributed by atoms with E-state index in [9.17, 15) is 14.4 Å². The average molecular weight is 450 g/mol. The summed E-state index contributed by atoms with van der Waals surface area (Å²) >= 11 is 0. The third kappa shape index (κ3) is 7.49. The maximum Gasteiger partial charge on any atom is 0.414 e. The van der Waals surface area contributed by atoms with Gasteiger partial charge in [0.2, 0.25) is 0 Å². The van der Waals surface area contributed by atoms with Crippen LogP contribution < -0.4 is 22.3 Å². The fourth-order valence-corrected chi connectivity index (χ4v) is 2.60. The molecule has 2 aromatic rings. The number of ketones is 1. The lowest BCUT2D eigenvalue weighted by molar-refractivity contribution is -0.159. The number of carboxylic acid groups (broad SMARTS) is 2. The number of rotatable bonds is 9. The van der Waals surface area contributed by atoms with Gasteiger partial charge in [0.1, 0.15) is 11.4 Å². The zero-order valence-corrected chi connectivity index (χ0v) is 17.7. The van der Waals surface area contributed by atoms with Crippen LogP contribution in [0.15, 0.2) is 39.9 Å². The molecule has 32 heavy (non-hydrogen) atoms. The number of aliphatic carboxylic acids is 2. The third-order valence-corrected chi connectivity index (χ3v) is 4.22. The average Bonchev–Trinajstić information content (AvgIpc) is 2.76. The summed E-state index contributed by atoms with van der Waals surface area (Å²) in [5.74, 6) is -4.20. The minimum Gasteiger partial charge on any atom is -0.473 e. The number of nitrogens with one attached hydrogen (secondary N) is 1. The second-order valence-corrected chi connectivity index (χ2v) is 6.54. The molecule has 1 aromatic heterocycles. The maximum atomic E-state index is 12.5. The van der Waals surface area contributed by atoms with Gasteiger partial charge < -0.3 is 26.0 Å². The molecule has 0 amide bonds. The Hall–Kier alpha value is -3.77. The van der Waals surface area contributed by atoms with Crippen LogP contribution in [0.1, 0.15) is 22.3 Å². The Morgan fingerprint density at radius 2 is 1.69 bits per heavy atom. The molecule has 0 saturated heterocycles. The van der Waals surface area contributed by atoms with Gasteiger partial charge in [0, 0.05) is 20.8 Å². The smallest absolute Gasteiger partial charge is 0.414 e. The van der Waals surface area contributed by atoms with Crippen molar-refractivity contribution in [2.24, 2.45) is 7.05 Å². The first-order chi connectivity index (χ1) is 15.1. The SMILES string of the molecule is COCCCNCC(=O)c1c(N)n(Cc2ccccc2)c(=O)n(C)c1=O.O=C(O)C(=O)O. The van der Waals surface area contributed by atoms with Crippen LogP contribution in [-0.2, 0) is 27.9 Å². The number of nitrogen functional groups attached to an aromatic ring is 1. The molecule has 5 N–H and O–H groups in total. The van der Waals surface area contributed by atoms with Gasteiger partial charge in [-0.2, -0.15) is 0 Å². The second-order valence-electron chi connectivity index (χ2n) is 6.54. The van der Waals surface area contributed by atoms with Crippen LogP contribution in [0.5, 0.6) is 0 Å². The largest absolute Gasteiger partial charge is 0.473 e. The molecule has 12 nitrogen and oxygen atoms in total. The number of ether oxygens (including phenoxy) is 1. The first kappa shape index (κ1) is 26.3. The van der Waals surface area contributed by atoms with Crippen LogP contribution in [-0.4, -0.2) is 63.9 Å². The molecule has 0 aliphatic rings. The van der Waals surface area contributed by atoms with E-state index in [2.05, 4.69) is 5.32 Å². The van der Waals surface area contributed by atoms with Gasteiger partial charge in [0.05, 0.1) is 13.1 Å². The van der Waals surface area contributed by atoms with Crippen molar-refractivity contribution in [2.75, 3.05) is 32.5 Å². The summed E-state index contributed by atoms with van der Waals surface area (Å²) in [5, 5.41) is 17.7. The first-order valence-corrected chi connectivity index (χ1v) is 9.44. The number of nitrogens with zero attached hydrogens (tertiary/aromatic N) is 2. The van der Waals surface area contributed by atoms with Gasteiger partial charge >= 0.3 is 17.6 Å². The summed E-state index contributed by atoms with van der Waals surface area (Å²) in [4.78, 5) is 55.5. The summed E-state index contributed by atoms with van der Waals surface area (Å²) in [6.45, 7) is 1.30. The second kappa shape index (κ2) is 12.8. The molecule has 12 heteroatoms. The van der Waals surface area contributed by atoms with Gasteiger partial charge in [-0.3, -0.25) is 18.7 Å². The summed E-state index contributed by atoms with van der Waals surface area (Å²) in [6.07, 6.45) is 0.741. The van der Waals surface area contributed by atoms with Crippen molar-refractivity contribution in [2.45, 2.75) is 13.0 Å². The number of nitrogens with two attached hydrogens (primary N) is 1. The summed E-state index contributed by atoms with van der Waals surface area (Å²) in [6, 6.07) is 9.23. The van der Waals surface area contributed by atoms with Crippen molar-refractivity contribution in [3.05, 3.63) is 62.3 Å². The number of hydrogen-bond donors (Lipinski definition) is 4. The Balaban J connectivity index is 0.000000751. The zero-order valence-electron chi connectivity index (χ0n) is 17.7. The van der Waals surface area contributed by atoms with Gasteiger partial charge in [-0.25, -0.2) is 14.4 Å². The minimum atomic E-state index is -1.82. The van der Waals surface area contributed by atoms with E-state index in [1.807, 2.05) is 30.3 Å². The van der Waals surface area contributed by atoms with Crippen molar-refractivity contribution in [1.29, 1.82) is 0 Å². The van der Waals surface area contributed by atoms with Crippen molar-refractivity contribution in [1.82, 2.24) is 14.5 Å². The Morgan fingerprint density at radius 1 is 1.09 bits per heavy atom. The van der Waals surface area contributed by atoms with E-state index >= 15 is 0 Å². The number of aromatic nitrogens is 2. The van der Waals surface area contributed by atoms with Crippen molar-refractivity contribution >= 4 is 23.5 Å². The monoisotopic (exact) mass is 450 g/mol. The number of benzene rings is 1. The predicted molar refractivity (Wildman–Crippen MR) is 115 cm³/mol. The molecule has 0 atom stereocenters. The van der Waals surface area contributed by atoms with Crippen LogP contribution in [0.2, 0.25) is 0 Å². The highest BCUT2D eigenvalue weighted by Gasteiger charge is 2.21. The highest BCUT2D eigenvalue weighted by Crippen LogP contribution is 2.09. The van der Waals surface area contributed by atoms with E-state index in [4.69, 9.17) is 30.3 Å². The molecule has 1 heterocycles. The standard InChI is InChI=1S/C18H24N4O4.C2H2O4/c1-21-17(24)15(14(23)11-20-9-6-10-26-2)16(19)22(18(21)25)12-13-7-4-3-5-8-13;3-1(4)2(5)6/h3-5,7-8,20H,6,9-12,19H2,1-2H3;(H,3,4)(H,5,6). The molecule has 0 spiro atoms. The van der Waals surface area contributed by atoms with Crippen LogP contribution in [0.25, 0.3) is 0 Å². The Kier molecular flexibility index (Phi) is 10.5. The van der Waals surface area contributed by atoms with Crippen LogP contribution in [0.3, 0.4) is 0 Å². The van der Waals surface area contributed by atoms with Crippen molar-refractivity contribution < 1.29 is 29.3 Å². The molecule has 0 unspecified atom stereocenters. The molecular formula is C20H26N4O8. The summed E-state index contributed by atoms with van der Waals surface area (Å²) in [7, 11) is 2.94. The van der Waals surface area contributed by atoms with E-state index in [1.165, 1.54) is 11.6 Å². The number of carboxylic acids is 2. The first-order valence-electron chi connectivity index (χ1n) is 9.44. The van der Waals surface area contributed by atoms with Crippen LogP contribution in [0.4, 0.5) is 5.82 Å². The number of anilines is 1. The van der Waals surface area contributed by atoms with Crippen LogP contribution >= 0.6 is 0 Å². The van der Waals surface area contributed by atoms with Crippen LogP contribution in [0, 0.1) is 0 Å². The van der Waals surface area contributed by atoms with E-state index in [0.717, 1.165) is 16.6 Å². The Morgan fingerprint density at radius 3 is 2.22 bits per heavy atom. The number of Topliss-reactive ketones (excluding diaryl/α,β-unsaturated/α-hetero) is 1. The molecular weight excluding hydrogens is 424 g/mol. The van der Waals surface area contributed by atoms with Gasteiger partial charge in [0.15, 0.2) is 5.78 Å². The summed E-state index contributed by atoms with van der Waals surface area (Å²) < 4.78 is 7.10. The quantitative estimate of drug-likeness (QED) is 0.213. The number of methoxy groups -OCH3 is 1. The van der Waals surface area contributed by atoms with Gasteiger partial charge in [-0.05, 0) is 18.5 Å². The zero-order chi connectivity index (χ0) is 24.3. The lowest BCUT2D eigenvalue weighted by Gasteiger charge is -2.15. The number of carbonyl (C=O) groups excluding carboxylic acids is 1. The van der Waals surface area contributed by atoms with E-state index in [-0.39, 0.29) is 24.5 Å². The molecule has 0 fully saturated rings. The fourth-order valence-electron chi connectivity index (χ4n) is 2.60. The van der Waals surface area contributed by atoms with E-state index < -0.39 is 29.0 Å². The molecule has 0 bridgehead atoms. The van der Waals surface area contributed by atoms with Crippen molar-refractivity contribution in [3.63, 3.8) is 0 Å². The third-order valence-electron chi connectivity index (χ3n) is 4.22. The molecule has 0 saturated carbocycles. The predicted octanol–water partition coefficient (Wildman–Crippen LogP) is -0.858. The van der Waals surface area contributed by atoms with Crippen molar-refractivity contribution in [3.8, 4) is 0 Å². The molecule has 0 aliphatic heterocycles. The minimum absolute atomic E-state index is 0.0350. The topological polar surface area (TPSA) is 183 Å². The number of carbonyl (C=O) groups is 3. The highest BCUT2D eigenvalue weighted by atomic mass is 16.5. The lowest BCUT2D eigenvalue weighted by Crippen LogP contribution is -2.44. The normalized spacial score (nSPS) is 10.2.